The Hall–Kier alpha value is -0.310. The van der Waals surface area contributed by atoms with Crippen LogP contribution in [0.1, 0.15) is 6.92 Å². The summed E-state index contributed by atoms with van der Waals surface area (Å²) in [5.41, 5.74) is 0.306. The van der Waals surface area contributed by atoms with Crippen molar-refractivity contribution >= 4 is 21.9 Å². The third-order valence-corrected chi connectivity index (χ3v) is 1.19. The average molecular weight is 165 g/mol. The quantitative estimate of drug-likeness (QED) is 0.595. The number of hydrogen-bond donors (Lipinski definition) is 1. The summed E-state index contributed by atoms with van der Waals surface area (Å²) in [4.78, 5) is 11.2. The summed E-state index contributed by atoms with van der Waals surface area (Å²) in [6, 6.07) is 0. The molecule has 2 nitrogen and oxygen atoms in total. The predicted octanol–water partition coefficient (Wildman–Crippen LogP) is 1.37. The van der Waals surface area contributed by atoms with E-state index in [4.69, 9.17) is 5.11 Å². The number of carboxylic acids is 1. The van der Waals surface area contributed by atoms with Gasteiger partial charge in [-0.1, -0.05) is 15.9 Å². The van der Waals surface area contributed by atoms with Crippen LogP contribution in [0, 0.1) is 0 Å². The molecule has 3 heteroatoms. The Morgan fingerprint density at radius 1 is 1.86 bits per heavy atom. The van der Waals surface area contributed by atoms with Crippen LogP contribution in [0.25, 0.3) is 0 Å². The first-order valence-corrected chi connectivity index (χ1v) is 2.60. The van der Waals surface area contributed by atoms with E-state index in [2.05, 4.69) is 15.9 Å². The first-order chi connectivity index (χ1) is 3.18. The van der Waals surface area contributed by atoms with E-state index in [1.165, 1.54) is 11.9 Å². The van der Waals surface area contributed by atoms with Crippen LogP contribution >= 0.6 is 15.9 Å². The molecule has 0 bridgehead atoms. The molecule has 0 amide bonds. The lowest BCUT2D eigenvalue weighted by Crippen LogP contribution is -1.93. The van der Waals surface area contributed by atoms with Gasteiger partial charge in [0.25, 0.3) is 0 Å². The lowest BCUT2D eigenvalue weighted by molar-refractivity contribution is -0.132. The van der Waals surface area contributed by atoms with E-state index in [0.29, 0.717) is 5.57 Å². The van der Waals surface area contributed by atoms with Gasteiger partial charge in [0.05, 0.1) is 0 Å². The van der Waals surface area contributed by atoms with E-state index in [-0.39, 0.29) is 0 Å². The standard InChI is InChI=1S/C4H5BrO2/c1-3(2-5)4(6)7/h2H,1H3,(H,6,7). The van der Waals surface area contributed by atoms with Gasteiger partial charge < -0.3 is 5.11 Å². The molecule has 0 aliphatic heterocycles. The Morgan fingerprint density at radius 3 is 2.29 bits per heavy atom. The molecule has 0 saturated heterocycles. The highest BCUT2D eigenvalue weighted by Gasteiger charge is 1.94. The van der Waals surface area contributed by atoms with Crippen molar-refractivity contribution in [3.05, 3.63) is 10.6 Å². The lowest BCUT2D eigenvalue weighted by atomic mass is 10.4. The highest BCUT2D eigenvalue weighted by atomic mass is 79.9. The summed E-state index contributed by atoms with van der Waals surface area (Å²) in [6.07, 6.45) is 0. The van der Waals surface area contributed by atoms with Crippen LogP contribution in [0.5, 0.6) is 0 Å². The number of carbonyl (C=O) groups is 1. The topological polar surface area (TPSA) is 37.3 Å². The SMILES string of the molecule is CC(=CBr)C(=O)O. The molecule has 7 heavy (non-hydrogen) atoms. The van der Waals surface area contributed by atoms with Crippen molar-refractivity contribution in [3.63, 3.8) is 0 Å². The summed E-state index contributed by atoms with van der Waals surface area (Å²) >= 11 is 2.87. The molecule has 0 radical (unpaired) electrons. The van der Waals surface area contributed by atoms with Crippen molar-refractivity contribution in [2.45, 2.75) is 6.92 Å². The molecule has 40 valence electrons. The minimum atomic E-state index is -0.892. The van der Waals surface area contributed by atoms with Crippen molar-refractivity contribution in [2.75, 3.05) is 0 Å². The molecule has 0 aliphatic carbocycles. The fraction of sp³-hybridized carbons (Fsp3) is 0.250. The zero-order valence-electron chi connectivity index (χ0n) is 3.81. The summed E-state index contributed by atoms with van der Waals surface area (Å²) in [5.74, 6) is -0.892. The maximum atomic E-state index is 9.83. The van der Waals surface area contributed by atoms with E-state index in [1.807, 2.05) is 0 Å². The molecule has 0 aliphatic rings. The van der Waals surface area contributed by atoms with Crippen molar-refractivity contribution in [1.29, 1.82) is 0 Å². The number of halogens is 1. The van der Waals surface area contributed by atoms with E-state index >= 15 is 0 Å². The Bertz CT molecular complexity index is 106. The van der Waals surface area contributed by atoms with Gasteiger partial charge in [0.15, 0.2) is 0 Å². The van der Waals surface area contributed by atoms with Gasteiger partial charge in [0, 0.05) is 5.57 Å². The van der Waals surface area contributed by atoms with Crippen LogP contribution in [0.3, 0.4) is 0 Å². The molecule has 0 saturated carbocycles. The molecule has 0 aromatic rings. The van der Waals surface area contributed by atoms with E-state index in [0.717, 1.165) is 0 Å². The van der Waals surface area contributed by atoms with Crippen LogP contribution in [0.4, 0.5) is 0 Å². The molecule has 0 fully saturated rings. The summed E-state index contributed by atoms with van der Waals surface area (Å²) in [6.45, 7) is 1.51. The van der Waals surface area contributed by atoms with Crippen LogP contribution in [-0.4, -0.2) is 11.1 Å². The second-order valence-corrected chi connectivity index (χ2v) is 1.56. The lowest BCUT2D eigenvalue weighted by Gasteiger charge is -1.83. The number of carboxylic acid groups (broad SMARTS) is 1. The third-order valence-electron chi connectivity index (χ3n) is 0.501. The third kappa shape index (κ3) is 2.39. The van der Waals surface area contributed by atoms with E-state index < -0.39 is 5.97 Å². The summed E-state index contributed by atoms with van der Waals surface area (Å²) in [7, 11) is 0. The van der Waals surface area contributed by atoms with Crippen LogP contribution < -0.4 is 0 Å². The maximum Gasteiger partial charge on any atom is 0.331 e. The Kier molecular flexibility index (Phi) is 2.67. The highest BCUT2D eigenvalue weighted by Crippen LogP contribution is 1.94. The Balaban J connectivity index is 3.82. The molecular weight excluding hydrogens is 160 g/mol. The van der Waals surface area contributed by atoms with Crippen molar-refractivity contribution < 1.29 is 9.90 Å². The van der Waals surface area contributed by atoms with E-state index in [9.17, 15) is 4.79 Å². The summed E-state index contributed by atoms with van der Waals surface area (Å²) < 4.78 is 0. The molecule has 0 spiro atoms. The van der Waals surface area contributed by atoms with Crippen LogP contribution in [-0.2, 0) is 4.79 Å². The molecule has 1 N–H and O–H groups in total. The van der Waals surface area contributed by atoms with Crippen molar-refractivity contribution in [2.24, 2.45) is 0 Å². The van der Waals surface area contributed by atoms with Gasteiger partial charge >= 0.3 is 5.97 Å². The second kappa shape index (κ2) is 2.80. The van der Waals surface area contributed by atoms with Gasteiger partial charge in [-0.2, -0.15) is 0 Å². The number of hydrogen-bond acceptors (Lipinski definition) is 1. The first kappa shape index (κ1) is 6.69. The van der Waals surface area contributed by atoms with Gasteiger partial charge in [-0.15, -0.1) is 0 Å². The monoisotopic (exact) mass is 164 g/mol. The molecular formula is C4H5BrO2. The first-order valence-electron chi connectivity index (χ1n) is 1.68. The second-order valence-electron chi connectivity index (χ2n) is 1.10. The fourth-order valence-corrected chi connectivity index (χ4v) is 0.243. The highest BCUT2D eigenvalue weighted by molar-refractivity contribution is 9.11. The number of rotatable bonds is 1. The minimum Gasteiger partial charge on any atom is -0.478 e. The predicted molar refractivity (Wildman–Crippen MR) is 30.3 cm³/mol. The van der Waals surface area contributed by atoms with Crippen LogP contribution in [0.2, 0.25) is 0 Å². The Labute approximate surface area is 50.0 Å². The normalized spacial score (nSPS) is 11.4. The van der Waals surface area contributed by atoms with Crippen molar-refractivity contribution in [3.8, 4) is 0 Å². The largest absolute Gasteiger partial charge is 0.478 e. The van der Waals surface area contributed by atoms with E-state index in [1.54, 1.807) is 0 Å². The molecule has 0 aromatic heterocycles. The Morgan fingerprint density at radius 2 is 2.29 bits per heavy atom. The average Bonchev–Trinajstić information content (AvgIpc) is 1.65. The minimum absolute atomic E-state index is 0.306. The summed E-state index contributed by atoms with van der Waals surface area (Å²) in [5, 5.41) is 8.08. The van der Waals surface area contributed by atoms with Gasteiger partial charge in [-0.05, 0) is 11.9 Å². The smallest absolute Gasteiger partial charge is 0.331 e. The van der Waals surface area contributed by atoms with Gasteiger partial charge in [-0.3, -0.25) is 0 Å². The fourth-order valence-electron chi connectivity index (χ4n) is 0.0467. The van der Waals surface area contributed by atoms with Gasteiger partial charge in [0.2, 0.25) is 0 Å². The van der Waals surface area contributed by atoms with Gasteiger partial charge in [0.1, 0.15) is 0 Å². The molecule has 0 aromatic carbocycles. The molecule has 0 unspecified atom stereocenters. The van der Waals surface area contributed by atoms with Crippen molar-refractivity contribution in [1.82, 2.24) is 0 Å². The molecule has 0 heterocycles. The van der Waals surface area contributed by atoms with Crippen LogP contribution in [0.15, 0.2) is 10.6 Å². The zero-order valence-corrected chi connectivity index (χ0v) is 5.40. The van der Waals surface area contributed by atoms with Gasteiger partial charge in [-0.25, -0.2) is 4.79 Å². The molecule has 0 rings (SSSR count). The molecule has 0 atom stereocenters. The number of aliphatic carboxylic acids is 1. The zero-order chi connectivity index (χ0) is 5.86. The maximum absolute atomic E-state index is 9.83.